The molecular formula is C12H10F3IN4O3S. The number of carbonyl (C=O) groups is 1. The minimum absolute atomic E-state index is 0.226. The average molecular weight is 474 g/mol. The first-order valence-corrected chi connectivity index (χ1v) is 8.04. The van der Waals surface area contributed by atoms with Crippen LogP contribution in [-0.4, -0.2) is 30.4 Å². The fourth-order valence-electron chi connectivity index (χ4n) is 1.60. The van der Waals surface area contributed by atoms with Crippen molar-refractivity contribution in [2.45, 2.75) is 6.18 Å². The summed E-state index contributed by atoms with van der Waals surface area (Å²) < 4.78 is 48.3. The van der Waals surface area contributed by atoms with Gasteiger partial charge in [-0.25, -0.2) is 4.79 Å². The largest absolute Gasteiger partial charge is 0.496 e. The van der Waals surface area contributed by atoms with Crippen LogP contribution in [0.15, 0.2) is 12.1 Å². The van der Waals surface area contributed by atoms with Crippen LogP contribution in [0.25, 0.3) is 0 Å². The maximum Gasteiger partial charge on any atom is 0.445 e. The molecule has 2 amide bonds. The Morgan fingerprint density at radius 2 is 1.83 bits per heavy atom. The summed E-state index contributed by atoms with van der Waals surface area (Å²) in [7, 11) is 2.90. The van der Waals surface area contributed by atoms with Crippen molar-refractivity contribution in [1.29, 1.82) is 0 Å². The number of anilines is 2. The monoisotopic (exact) mass is 474 g/mol. The van der Waals surface area contributed by atoms with Gasteiger partial charge in [-0.1, -0.05) is 11.3 Å². The lowest BCUT2D eigenvalue weighted by Crippen LogP contribution is -2.19. The van der Waals surface area contributed by atoms with E-state index >= 15 is 0 Å². The summed E-state index contributed by atoms with van der Waals surface area (Å²) in [5, 5.41) is 9.49. The lowest BCUT2D eigenvalue weighted by molar-refractivity contribution is -0.138. The van der Waals surface area contributed by atoms with Crippen molar-refractivity contribution in [1.82, 2.24) is 10.2 Å². The second-order valence-electron chi connectivity index (χ2n) is 4.18. The molecule has 0 unspecified atom stereocenters. The molecule has 0 radical (unpaired) electrons. The summed E-state index contributed by atoms with van der Waals surface area (Å²) in [6.45, 7) is 0. The number of methoxy groups -OCH3 is 2. The van der Waals surface area contributed by atoms with Crippen LogP contribution in [-0.2, 0) is 6.18 Å². The number of urea groups is 1. The van der Waals surface area contributed by atoms with E-state index in [1.54, 1.807) is 12.1 Å². The Bertz CT molecular complexity index is 754. The van der Waals surface area contributed by atoms with Gasteiger partial charge in [0, 0.05) is 6.07 Å². The Kier molecular flexibility index (Phi) is 5.69. The first-order valence-electron chi connectivity index (χ1n) is 6.14. The summed E-state index contributed by atoms with van der Waals surface area (Å²) in [5.74, 6) is 0.882. The summed E-state index contributed by atoms with van der Waals surface area (Å²) in [6, 6.07) is 2.39. The predicted molar refractivity (Wildman–Crippen MR) is 89.8 cm³/mol. The number of hydrogen-bond acceptors (Lipinski definition) is 6. The van der Waals surface area contributed by atoms with Gasteiger partial charge in [-0.15, -0.1) is 10.2 Å². The number of carbonyl (C=O) groups excluding carboxylic acids is 1. The van der Waals surface area contributed by atoms with Gasteiger partial charge in [0.1, 0.15) is 11.5 Å². The van der Waals surface area contributed by atoms with E-state index in [1.165, 1.54) is 14.2 Å². The van der Waals surface area contributed by atoms with E-state index in [0.717, 1.165) is 0 Å². The van der Waals surface area contributed by atoms with Crippen LogP contribution in [0, 0.1) is 3.57 Å². The second-order valence-corrected chi connectivity index (χ2v) is 6.32. The molecule has 0 saturated carbocycles. The van der Waals surface area contributed by atoms with Gasteiger partial charge >= 0.3 is 12.2 Å². The van der Waals surface area contributed by atoms with Crippen LogP contribution in [0.2, 0.25) is 0 Å². The third-order valence-corrected chi connectivity index (χ3v) is 4.34. The minimum atomic E-state index is -4.61. The standard InChI is InChI=1S/C12H10F3IN4O3S/c1-22-7-4-8(23-2)6(3-5(7)16)17-10(21)18-11-20-19-9(24-11)12(13,14)15/h3-4H,1-2H3,(H2,17,18,20,21). The van der Waals surface area contributed by atoms with Gasteiger partial charge in [-0.3, -0.25) is 5.32 Å². The highest BCUT2D eigenvalue weighted by Gasteiger charge is 2.35. The number of halogens is 4. The van der Waals surface area contributed by atoms with E-state index in [2.05, 4.69) is 20.8 Å². The van der Waals surface area contributed by atoms with Gasteiger partial charge in [0.05, 0.1) is 23.5 Å². The number of amides is 2. The first-order chi connectivity index (χ1) is 11.2. The molecule has 0 fully saturated rings. The van der Waals surface area contributed by atoms with Crippen LogP contribution in [0.4, 0.5) is 28.8 Å². The molecule has 0 atom stereocenters. The fourth-order valence-corrected chi connectivity index (χ4v) is 2.89. The Balaban J connectivity index is 2.12. The second kappa shape index (κ2) is 7.38. The van der Waals surface area contributed by atoms with Gasteiger partial charge < -0.3 is 14.8 Å². The predicted octanol–water partition coefficient (Wildman–Crippen LogP) is 3.82. The van der Waals surface area contributed by atoms with Crippen molar-refractivity contribution < 1.29 is 27.4 Å². The molecule has 0 spiro atoms. The first kappa shape index (κ1) is 18.5. The molecule has 130 valence electrons. The molecule has 2 N–H and O–H groups in total. The van der Waals surface area contributed by atoms with Crippen molar-refractivity contribution >= 4 is 50.8 Å². The number of aromatic nitrogens is 2. The zero-order valence-corrected chi connectivity index (χ0v) is 15.2. The molecule has 1 heterocycles. The number of rotatable bonds is 4. The number of hydrogen-bond donors (Lipinski definition) is 2. The van der Waals surface area contributed by atoms with Crippen molar-refractivity contribution in [2.24, 2.45) is 0 Å². The maximum absolute atomic E-state index is 12.5. The SMILES string of the molecule is COc1cc(OC)c(NC(=O)Nc2nnc(C(F)(F)F)s2)cc1I. The quantitative estimate of drug-likeness (QED) is 0.659. The van der Waals surface area contributed by atoms with Crippen LogP contribution in [0.1, 0.15) is 5.01 Å². The van der Waals surface area contributed by atoms with E-state index in [-0.39, 0.29) is 16.5 Å². The van der Waals surface area contributed by atoms with E-state index in [1.807, 2.05) is 22.6 Å². The summed E-state index contributed by atoms with van der Waals surface area (Å²) >= 11 is 2.23. The average Bonchev–Trinajstić information content (AvgIpc) is 2.96. The highest BCUT2D eigenvalue weighted by Crippen LogP contribution is 2.35. The summed E-state index contributed by atoms with van der Waals surface area (Å²) in [4.78, 5) is 11.9. The Labute approximate surface area is 151 Å². The topological polar surface area (TPSA) is 85.4 Å². The number of ether oxygens (including phenoxy) is 2. The van der Waals surface area contributed by atoms with Crippen molar-refractivity contribution in [3.8, 4) is 11.5 Å². The van der Waals surface area contributed by atoms with E-state index in [9.17, 15) is 18.0 Å². The summed E-state index contributed by atoms with van der Waals surface area (Å²) in [5.41, 5.74) is 0.320. The fraction of sp³-hybridized carbons (Fsp3) is 0.250. The van der Waals surface area contributed by atoms with Crippen LogP contribution in [0.5, 0.6) is 11.5 Å². The van der Waals surface area contributed by atoms with E-state index in [4.69, 9.17) is 9.47 Å². The van der Waals surface area contributed by atoms with Gasteiger partial charge in [0.15, 0.2) is 0 Å². The molecule has 0 aliphatic heterocycles. The third kappa shape index (κ3) is 4.37. The highest BCUT2D eigenvalue weighted by atomic mass is 127. The Morgan fingerprint density at radius 1 is 1.17 bits per heavy atom. The molecule has 12 heteroatoms. The number of nitrogens with zero attached hydrogens (tertiary/aromatic N) is 2. The van der Waals surface area contributed by atoms with Gasteiger partial charge in [-0.2, -0.15) is 13.2 Å². The number of nitrogens with one attached hydrogen (secondary N) is 2. The molecule has 2 rings (SSSR count). The molecule has 0 aliphatic rings. The molecule has 0 aliphatic carbocycles. The molecule has 0 saturated heterocycles. The lowest BCUT2D eigenvalue weighted by atomic mass is 10.2. The number of benzene rings is 1. The number of alkyl halides is 3. The van der Waals surface area contributed by atoms with Crippen molar-refractivity contribution in [3.63, 3.8) is 0 Å². The Hall–Kier alpha value is -1.83. The molecule has 1 aromatic carbocycles. The van der Waals surface area contributed by atoms with Crippen LogP contribution < -0.4 is 20.1 Å². The Morgan fingerprint density at radius 3 is 2.38 bits per heavy atom. The normalized spacial score (nSPS) is 11.1. The summed E-state index contributed by atoms with van der Waals surface area (Å²) in [6.07, 6.45) is -4.61. The molecular weight excluding hydrogens is 464 g/mol. The third-order valence-electron chi connectivity index (χ3n) is 2.61. The minimum Gasteiger partial charge on any atom is -0.496 e. The van der Waals surface area contributed by atoms with Crippen LogP contribution in [0.3, 0.4) is 0 Å². The van der Waals surface area contributed by atoms with Gasteiger partial charge in [0.2, 0.25) is 10.1 Å². The van der Waals surface area contributed by atoms with Gasteiger partial charge in [-0.05, 0) is 28.7 Å². The van der Waals surface area contributed by atoms with E-state index in [0.29, 0.717) is 20.8 Å². The molecule has 0 bridgehead atoms. The van der Waals surface area contributed by atoms with Crippen LogP contribution >= 0.6 is 33.9 Å². The zero-order chi connectivity index (χ0) is 17.9. The molecule has 24 heavy (non-hydrogen) atoms. The molecule has 7 nitrogen and oxygen atoms in total. The van der Waals surface area contributed by atoms with Crippen molar-refractivity contribution in [3.05, 3.63) is 20.7 Å². The van der Waals surface area contributed by atoms with Crippen molar-refractivity contribution in [2.75, 3.05) is 24.9 Å². The zero-order valence-electron chi connectivity index (χ0n) is 12.2. The van der Waals surface area contributed by atoms with E-state index < -0.39 is 17.2 Å². The maximum atomic E-state index is 12.5. The molecule has 2 aromatic rings. The lowest BCUT2D eigenvalue weighted by Gasteiger charge is -2.13. The smallest absolute Gasteiger partial charge is 0.445 e. The molecule has 1 aromatic heterocycles. The highest BCUT2D eigenvalue weighted by molar-refractivity contribution is 14.1. The van der Waals surface area contributed by atoms with Gasteiger partial charge in [0.25, 0.3) is 0 Å².